The molecule has 2 aromatic rings. The van der Waals surface area contributed by atoms with Crippen molar-refractivity contribution < 1.29 is 9.53 Å². The third-order valence-electron chi connectivity index (χ3n) is 4.98. The molecule has 0 saturated carbocycles. The summed E-state index contributed by atoms with van der Waals surface area (Å²) < 4.78 is 8.91. The van der Waals surface area contributed by atoms with Crippen molar-refractivity contribution in [3.05, 3.63) is 22.8 Å². The minimum atomic E-state index is -0.0879. The van der Waals surface area contributed by atoms with E-state index in [0.717, 1.165) is 45.0 Å². The second-order valence-electron chi connectivity index (χ2n) is 6.86. The van der Waals surface area contributed by atoms with Gasteiger partial charge in [-0.15, -0.1) is 5.10 Å². The van der Waals surface area contributed by atoms with E-state index in [1.54, 1.807) is 4.68 Å². The van der Waals surface area contributed by atoms with Crippen LogP contribution in [-0.4, -0.2) is 73.6 Å². The molecule has 0 radical (unpaired) electrons. The largest absolute Gasteiger partial charge is 0.379 e. The third-order valence-corrected chi connectivity index (χ3v) is 4.98. The average molecular weight is 376 g/mol. The Morgan fingerprint density at radius 3 is 2.67 bits per heavy atom. The number of hydrogen-bond acceptors (Lipinski definition) is 7. The molecule has 27 heavy (non-hydrogen) atoms. The average Bonchev–Trinajstić information content (AvgIpc) is 3.19. The van der Waals surface area contributed by atoms with Crippen LogP contribution < -0.4 is 5.32 Å². The van der Waals surface area contributed by atoms with Gasteiger partial charge in [0.05, 0.1) is 25.5 Å². The van der Waals surface area contributed by atoms with Crippen LogP contribution in [0.5, 0.6) is 0 Å². The van der Waals surface area contributed by atoms with Crippen molar-refractivity contribution >= 4 is 5.91 Å². The minimum absolute atomic E-state index is 0.0879. The van der Waals surface area contributed by atoms with Crippen molar-refractivity contribution in [2.45, 2.75) is 46.8 Å². The standard InChI is InChI=1S/C17H28N8O2/c1-13-14(2)20-24(15(13)3)6-4-5-18-17(26)12-25-16(19-21-22-25)11-23-7-9-27-10-8-23/h4-12H2,1-3H3,(H,18,26). The zero-order chi connectivity index (χ0) is 19.2. The van der Waals surface area contributed by atoms with Gasteiger partial charge in [0, 0.05) is 31.9 Å². The minimum Gasteiger partial charge on any atom is -0.379 e. The number of nitrogens with zero attached hydrogens (tertiary/aromatic N) is 7. The first-order valence-corrected chi connectivity index (χ1v) is 9.37. The highest BCUT2D eigenvalue weighted by atomic mass is 16.5. The Morgan fingerprint density at radius 1 is 1.19 bits per heavy atom. The normalized spacial score (nSPS) is 15.2. The maximum atomic E-state index is 12.2. The molecule has 0 unspecified atom stereocenters. The van der Waals surface area contributed by atoms with Crippen LogP contribution in [0.3, 0.4) is 0 Å². The van der Waals surface area contributed by atoms with Gasteiger partial charge in [-0.2, -0.15) is 5.10 Å². The number of ether oxygens (including phenoxy) is 1. The third kappa shape index (κ3) is 5.10. The van der Waals surface area contributed by atoms with Crippen molar-refractivity contribution in [3.63, 3.8) is 0 Å². The first-order chi connectivity index (χ1) is 13.0. The lowest BCUT2D eigenvalue weighted by Crippen LogP contribution is -2.37. The molecule has 1 aliphatic rings. The second-order valence-corrected chi connectivity index (χ2v) is 6.86. The molecule has 0 bridgehead atoms. The quantitative estimate of drug-likeness (QED) is 0.638. The van der Waals surface area contributed by atoms with Gasteiger partial charge in [0.2, 0.25) is 5.91 Å². The topological polar surface area (TPSA) is 103 Å². The molecule has 0 aliphatic carbocycles. The van der Waals surface area contributed by atoms with E-state index in [0.29, 0.717) is 18.9 Å². The molecule has 3 rings (SSSR count). The number of carbonyl (C=O) groups excluding carboxylic acids is 1. The molecule has 1 N–H and O–H groups in total. The maximum absolute atomic E-state index is 12.2. The fourth-order valence-corrected chi connectivity index (χ4v) is 3.07. The van der Waals surface area contributed by atoms with Gasteiger partial charge in [-0.25, -0.2) is 4.68 Å². The van der Waals surface area contributed by atoms with Gasteiger partial charge in [0.15, 0.2) is 5.82 Å². The fourth-order valence-electron chi connectivity index (χ4n) is 3.07. The predicted molar refractivity (Wildman–Crippen MR) is 98.0 cm³/mol. The number of amides is 1. The van der Waals surface area contributed by atoms with Gasteiger partial charge in [0.1, 0.15) is 6.54 Å². The van der Waals surface area contributed by atoms with Crippen LogP contribution >= 0.6 is 0 Å². The highest BCUT2D eigenvalue weighted by molar-refractivity contribution is 5.75. The molecule has 148 valence electrons. The summed E-state index contributed by atoms with van der Waals surface area (Å²) in [5, 5.41) is 19.1. The van der Waals surface area contributed by atoms with Gasteiger partial charge in [-0.1, -0.05) is 0 Å². The molecule has 2 aromatic heterocycles. The van der Waals surface area contributed by atoms with Crippen LogP contribution in [0.2, 0.25) is 0 Å². The Balaban J connectivity index is 1.42. The van der Waals surface area contributed by atoms with E-state index in [4.69, 9.17) is 4.74 Å². The van der Waals surface area contributed by atoms with Crippen LogP contribution in [0.15, 0.2) is 0 Å². The summed E-state index contributed by atoms with van der Waals surface area (Å²) in [5.74, 6) is 0.611. The predicted octanol–water partition coefficient (Wildman–Crippen LogP) is -0.166. The highest BCUT2D eigenvalue weighted by Crippen LogP contribution is 2.11. The van der Waals surface area contributed by atoms with Gasteiger partial charge >= 0.3 is 0 Å². The number of rotatable bonds is 8. The van der Waals surface area contributed by atoms with Crippen LogP contribution in [-0.2, 0) is 29.2 Å². The summed E-state index contributed by atoms with van der Waals surface area (Å²) in [6.45, 7) is 11.4. The molecule has 3 heterocycles. The van der Waals surface area contributed by atoms with E-state index in [-0.39, 0.29) is 12.5 Å². The number of carbonyl (C=O) groups is 1. The number of morpholine rings is 1. The van der Waals surface area contributed by atoms with Crippen LogP contribution in [0.25, 0.3) is 0 Å². The van der Waals surface area contributed by atoms with E-state index in [2.05, 4.69) is 44.7 Å². The molecule has 1 amide bonds. The number of aryl methyl sites for hydroxylation is 2. The number of aromatic nitrogens is 6. The summed E-state index contributed by atoms with van der Waals surface area (Å²) in [6.07, 6.45) is 0.823. The summed E-state index contributed by atoms with van der Waals surface area (Å²) in [7, 11) is 0. The van der Waals surface area contributed by atoms with Crippen LogP contribution in [0.4, 0.5) is 0 Å². The number of nitrogens with one attached hydrogen (secondary N) is 1. The van der Waals surface area contributed by atoms with E-state index >= 15 is 0 Å². The molecule has 1 aliphatic heterocycles. The van der Waals surface area contributed by atoms with Gasteiger partial charge in [0.25, 0.3) is 0 Å². The van der Waals surface area contributed by atoms with E-state index in [1.807, 2.05) is 11.6 Å². The Morgan fingerprint density at radius 2 is 1.96 bits per heavy atom. The van der Waals surface area contributed by atoms with E-state index < -0.39 is 0 Å². The molecular weight excluding hydrogens is 348 g/mol. The van der Waals surface area contributed by atoms with Crippen molar-refractivity contribution in [3.8, 4) is 0 Å². The Labute approximate surface area is 158 Å². The molecule has 0 aromatic carbocycles. The zero-order valence-corrected chi connectivity index (χ0v) is 16.3. The molecule has 0 spiro atoms. The summed E-state index contributed by atoms with van der Waals surface area (Å²) in [6, 6.07) is 0. The van der Waals surface area contributed by atoms with E-state index in [9.17, 15) is 4.79 Å². The van der Waals surface area contributed by atoms with E-state index in [1.165, 1.54) is 11.3 Å². The fraction of sp³-hybridized carbons (Fsp3) is 0.706. The monoisotopic (exact) mass is 376 g/mol. The van der Waals surface area contributed by atoms with Crippen LogP contribution in [0, 0.1) is 20.8 Å². The van der Waals surface area contributed by atoms with Crippen LogP contribution in [0.1, 0.15) is 29.2 Å². The molecule has 10 nitrogen and oxygen atoms in total. The van der Waals surface area contributed by atoms with Crippen molar-refractivity contribution in [2.24, 2.45) is 0 Å². The van der Waals surface area contributed by atoms with Gasteiger partial charge in [-0.05, 0) is 43.2 Å². The molecule has 1 fully saturated rings. The van der Waals surface area contributed by atoms with Gasteiger partial charge < -0.3 is 10.1 Å². The molecular formula is C17H28N8O2. The molecule has 10 heteroatoms. The summed E-state index contributed by atoms with van der Waals surface area (Å²) in [4.78, 5) is 14.4. The smallest absolute Gasteiger partial charge is 0.241 e. The van der Waals surface area contributed by atoms with Crippen molar-refractivity contribution in [1.82, 2.24) is 40.2 Å². The van der Waals surface area contributed by atoms with Crippen molar-refractivity contribution in [2.75, 3.05) is 32.8 Å². The zero-order valence-electron chi connectivity index (χ0n) is 16.3. The first kappa shape index (κ1) is 19.4. The number of hydrogen-bond donors (Lipinski definition) is 1. The SMILES string of the molecule is Cc1nn(CCCNC(=O)Cn2nnnc2CN2CCOCC2)c(C)c1C. The first-order valence-electron chi connectivity index (χ1n) is 9.37. The Kier molecular flexibility index (Phi) is 6.51. The maximum Gasteiger partial charge on any atom is 0.241 e. The Bertz CT molecular complexity index is 763. The summed E-state index contributed by atoms with van der Waals surface area (Å²) in [5.41, 5.74) is 3.47. The molecule has 0 atom stereocenters. The second kappa shape index (κ2) is 9.05. The van der Waals surface area contributed by atoms with Crippen molar-refractivity contribution in [1.29, 1.82) is 0 Å². The van der Waals surface area contributed by atoms with Gasteiger partial charge in [-0.3, -0.25) is 14.4 Å². The highest BCUT2D eigenvalue weighted by Gasteiger charge is 2.16. The Hall–Kier alpha value is -2.33. The lowest BCUT2D eigenvalue weighted by atomic mass is 10.2. The lowest BCUT2D eigenvalue weighted by molar-refractivity contribution is -0.121. The molecule has 1 saturated heterocycles. The summed E-state index contributed by atoms with van der Waals surface area (Å²) >= 11 is 0. The lowest BCUT2D eigenvalue weighted by Gasteiger charge is -2.25. The number of tetrazole rings is 1.